The Balaban J connectivity index is 1.35. The molecule has 0 radical (unpaired) electrons. The first-order chi connectivity index (χ1) is 12.2. The molecular formula is C18H23N5O2. The second-order valence-corrected chi connectivity index (χ2v) is 6.01. The number of aryl methyl sites for hydroxylation is 2. The number of aromatic amines is 1. The summed E-state index contributed by atoms with van der Waals surface area (Å²) < 4.78 is 5.16. The van der Waals surface area contributed by atoms with Gasteiger partial charge in [-0.25, -0.2) is 4.98 Å². The molecule has 2 N–H and O–H groups in total. The summed E-state index contributed by atoms with van der Waals surface area (Å²) in [5, 5.41) is 6.83. The molecule has 0 saturated carbocycles. The highest BCUT2D eigenvalue weighted by atomic mass is 16.5. The van der Waals surface area contributed by atoms with Crippen molar-refractivity contribution in [2.75, 3.05) is 6.54 Å². The summed E-state index contributed by atoms with van der Waals surface area (Å²) in [6.07, 6.45) is 4.28. The van der Waals surface area contributed by atoms with E-state index in [1.807, 2.05) is 24.3 Å². The lowest BCUT2D eigenvalue weighted by Gasteiger charge is -2.03. The normalized spacial score (nSPS) is 11.1. The molecule has 1 amide bonds. The van der Waals surface area contributed by atoms with Crippen LogP contribution in [0.3, 0.4) is 0 Å². The minimum atomic E-state index is 0.0319. The third-order valence-corrected chi connectivity index (χ3v) is 3.90. The quantitative estimate of drug-likeness (QED) is 0.623. The lowest BCUT2D eigenvalue weighted by molar-refractivity contribution is -0.121. The SMILES string of the molecule is CCCc1noc(CCCC(=O)NCCc2nc3ccccc3[nH]2)n1. The molecule has 0 bridgehead atoms. The summed E-state index contributed by atoms with van der Waals surface area (Å²) in [6.45, 7) is 2.64. The zero-order chi connectivity index (χ0) is 17.5. The molecule has 0 fully saturated rings. The van der Waals surface area contributed by atoms with Gasteiger partial charge in [0, 0.05) is 32.2 Å². The second-order valence-electron chi connectivity index (χ2n) is 6.01. The highest BCUT2D eigenvalue weighted by Gasteiger charge is 2.08. The molecule has 0 atom stereocenters. The van der Waals surface area contributed by atoms with Crippen LogP contribution >= 0.6 is 0 Å². The highest BCUT2D eigenvalue weighted by molar-refractivity contribution is 5.76. The van der Waals surface area contributed by atoms with E-state index >= 15 is 0 Å². The smallest absolute Gasteiger partial charge is 0.226 e. The topological polar surface area (TPSA) is 96.7 Å². The zero-order valence-corrected chi connectivity index (χ0v) is 14.4. The van der Waals surface area contributed by atoms with Crippen LogP contribution in [-0.4, -0.2) is 32.6 Å². The number of fused-ring (bicyclic) bond motifs is 1. The number of para-hydroxylation sites is 2. The number of carbonyl (C=O) groups is 1. The van der Waals surface area contributed by atoms with Crippen LogP contribution in [0.5, 0.6) is 0 Å². The molecule has 0 saturated heterocycles. The molecule has 3 aromatic rings. The lowest BCUT2D eigenvalue weighted by Crippen LogP contribution is -2.25. The van der Waals surface area contributed by atoms with Gasteiger partial charge in [0.25, 0.3) is 0 Å². The fourth-order valence-corrected chi connectivity index (χ4v) is 2.65. The summed E-state index contributed by atoms with van der Waals surface area (Å²) in [5.41, 5.74) is 1.97. The molecule has 1 aromatic carbocycles. The van der Waals surface area contributed by atoms with E-state index in [0.29, 0.717) is 38.1 Å². The minimum absolute atomic E-state index is 0.0319. The fourth-order valence-electron chi connectivity index (χ4n) is 2.65. The summed E-state index contributed by atoms with van der Waals surface area (Å²) in [4.78, 5) is 23.9. The third-order valence-electron chi connectivity index (χ3n) is 3.90. The number of rotatable bonds is 9. The molecule has 0 aliphatic rings. The minimum Gasteiger partial charge on any atom is -0.356 e. The number of amides is 1. The van der Waals surface area contributed by atoms with Gasteiger partial charge in [0.1, 0.15) is 5.82 Å². The van der Waals surface area contributed by atoms with Gasteiger partial charge >= 0.3 is 0 Å². The molecule has 7 nitrogen and oxygen atoms in total. The molecular weight excluding hydrogens is 318 g/mol. The summed E-state index contributed by atoms with van der Waals surface area (Å²) in [6, 6.07) is 7.90. The van der Waals surface area contributed by atoms with Gasteiger partial charge in [-0.15, -0.1) is 0 Å². The van der Waals surface area contributed by atoms with E-state index in [-0.39, 0.29) is 5.91 Å². The Bertz CT molecular complexity index is 791. The summed E-state index contributed by atoms with van der Waals surface area (Å²) in [7, 11) is 0. The zero-order valence-electron chi connectivity index (χ0n) is 14.4. The third kappa shape index (κ3) is 4.89. The number of carbonyl (C=O) groups excluding carboxylic acids is 1. The van der Waals surface area contributed by atoms with Gasteiger partial charge in [-0.1, -0.05) is 24.2 Å². The molecule has 0 aliphatic heterocycles. The average molecular weight is 341 g/mol. The summed E-state index contributed by atoms with van der Waals surface area (Å²) >= 11 is 0. The maximum absolute atomic E-state index is 11.9. The lowest BCUT2D eigenvalue weighted by atomic mass is 10.2. The van der Waals surface area contributed by atoms with Crippen molar-refractivity contribution < 1.29 is 9.32 Å². The summed E-state index contributed by atoms with van der Waals surface area (Å²) in [5.74, 6) is 2.27. The molecule has 0 spiro atoms. The number of hydrogen-bond acceptors (Lipinski definition) is 5. The van der Waals surface area contributed by atoms with Crippen LogP contribution in [0.1, 0.15) is 43.7 Å². The van der Waals surface area contributed by atoms with Crippen LogP contribution in [0.4, 0.5) is 0 Å². The van der Waals surface area contributed by atoms with Crippen LogP contribution in [0.2, 0.25) is 0 Å². The van der Waals surface area contributed by atoms with Crippen molar-refractivity contribution in [1.82, 2.24) is 25.4 Å². The van der Waals surface area contributed by atoms with Gasteiger partial charge in [-0.05, 0) is 25.0 Å². The van der Waals surface area contributed by atoms with Gasteiger partial charge in [-0.3, -0.25) is 4.79 Å². The molecule has 2 aromatic heterocycles. The Morgan fingerprint density at radius 1 is 1.20 bits per heavy atom. The van der Waals surface area contributed by atoms with E-state index in [0.717, 1.165) is 35.5 Å². The number of hydrogen-bond donors (Lipinski definition) is 2. The standard InChI is InChI=1S/C18H23N5O2/c1-2-6-16-22-18(25-23-16)10-5-9-17(24)19-12-11-15-20-13-7-3-4-8-14(13)21-15/h3-4,7-8H,2,5-6,9-12H2,1H3,(H,19,24)(H,20,21). The van der Waals surface area contributed by atoms with Crippen LogP contribution in [0.25, 0.3) is 11.0 Å². The van der Waals surface area contributed by atoms with Crippen molar-refractivity contribution >= 4 is 16.9 Å². The first-order valence-electron chi connectivity index (χ1n) is 8.76. The Labute approximate surface area is 146 Å². The molecule has 132 valence electrons. The molecule has 2 heterocycles. The predicted molar refractivity (Wildman–Crippen MR) is 94.0 cm³/mol. The van der Waals surface area contributed by atoms with Gasteiger partial charge in [0.2, 0.25) is 11.8 Å². The molecule has 3 rings (SSSR count). The maximum Gasteiger partial charge on any atom is 0.226 e. The fraction of sp³-hybridized carbons (Fsp3) is 0.444. The van der Waals surface area contributed by atoms with Crippen molar-refractivity contribution in [3.8, 4) is 0 Å². The van der Waals surface area contributed by atoms with E-state index in [1.54, 1.807) is 0 Å². The van der Waals surface area contributed by atoms with Crippen LogP contribution in [0, 0.1) is 0 Å². The number of aromatic nitrogens is 4. The molecule has 0 aliphatic carbocycles. The van der Waals surface area contributed by atoms with E-state index in [2.05, 4.69) is 32.3 Å². The van der Waals surface area contributed by atoms with Gasteiger partial charge in [0.05, 0.1) is 11.0 Å². The molecule has 7 heteroatoms. The number of H-pyrrole nitrogens is 1. The number of nitrogens with one attached hydrogen (secondary N) is 2. The van der Waals surface area contributed by atoms with Crippen LogP contribution in [0.15, 0.2) is 28.8 Å². The molecule has 0 unspecified atom stereocenters. The van der Waals surface area contributed by atoms with Crippen molar-refractivity contribution in [3.63, 3.8) is 0 Å². The van der Waals surface area contributed by atoms with Crippen molar-refractivity contribution in [2.45, 2.75) is 45.4 Å². The second kappa shape index (κ2) is 8.41. The van der Waals surface area contributed by atoms with Crippen LogP contribution in [-0.2, 0) is 24.1 Å². The van der Waals surface area contributed by atoms with Gasteiger partial charge < -0.3 is 14.8 Å². The Kier molecular flexibility index (Phi) is 5.77. The molecule has 25 heavy (non-hydrogen) atoms. The largest absolute Gasteiger partial charge is 0.356 e. The van der Waals surface area contributed by atoms with E-state index < -0.39 is 0 Å². The predicted octanol–water partition coefficient (Wildman–Crippen LogP) is 2.58. The Hall–Kier alpha value is -2.70. The van der Waals surface area contributed by atoms with Crippen molar-refractivity contribution in [3.05, 3.63) is 41.8 Å². The Morgan fingerprint density at radius 2 is 2.08 bits per heavy atom. The average Bonchev–Trinajstić information content (AvgIpc) is 3.21. The van der Waals surface area contributed by atoms with Gasteiger partial charge in [-0.2, -0.15) is 4.98 Å². The van der Waals surface area contributed by atoms with E-state index in [4.69, 9.17) is 4.52 Å². The Morgan fingerprint density at radius 3 is 2.92 bits per heavy atom. The van der Waals surface area contributed by atoms with Crippen molar-refractivity contribution in [2.24, 2.45) is 0 Å². The highest BCUT2D eigenvalue weighted by Crippen LogP contribution is 2.10. The van der Waals surface area contributed by atoms with E-state index in [9.17, 15) is 4.79 Å². The number of benzene rings is 1. The maximum atomic E-state index is 11.9. The number of nitrogens with zero attached hydrogens (tertiary/aromatic N) is 3. The first-order valence-corrected chi connectivity index (χ1v) is 8.76. The van der Waals surface area contributed by atoms with Gasteiger partial charge in [0.15, 0.2) is 5.82 Å². The van der Waals surface area contributed by atoms with E-state index in [1.165, 1.54) is 0 Å². The first kappa shape index (κ1) is 17.1. The van der Waals surface area contributed by atoms with Crippen LogP contribution < -0.4 is 5.32 Å². The monoisotopic (exact) mass is 341 g/mol. The number of imidazole rings is 1. The van der Waals surface area contributed by atoms with Crippen molar-refractivity contribution in [1.29, 1.82) is 0 Å².